The maximum absolute atomic E-state index is 11.1. The summed E-state index contributed by atoms with van der Waals surface area (Å²) in [6, 6.07) is 0. The molecular formula is C13H22O5S. The third-order valence-corrected chi connectivity index (χ3v) is 4.27. The summed E-state index contributed by atoms with van der Waals surface area (Å²) in [5.41, 5.74) is 0. The fraction of sp³-hybridized carbons (Fsp3) is 0.846. The van der Waals surface area contributed by atoms with E-state index in [4.69, 9.17) is 14.6 Å². The number of ether oxygens (including phenoxy) is 2. The highest BCUT2D eigenvalue weighted by atomic mass is 32.2. The van der Waals surface area contributed by atoms with Crippen LogP contribution in [0.15, 0.2) is 0 Å². The number of hydrogen-bond acceptors (Lipinski definition) is 5. The molecule has 1 rings (SSSR count). The summed E-state index contributed by atoms with van der Waals surface area (Å²) in [6.07, 6.45) is 4.11. The van der Waals surface area contributed by atoms with Crippen molar-refractivity contribution in [3.63, 3.8) is 0 Å². The highest BCUT2D eigenvalue weighted by molar-refractivity contribution is 8.13. The zero-order chi connectivity index (χ0) is 14.3. The topological polar surface area (TPSA) is 72.8 Å². The molecule has 3 atom stereocenters. The molecule has 0 aromatic rings. The molecule has 0 aliphatic heterocycles. The van der Waals surface area contributed by atoms with Gasteiger partial charge in [0.25, 0.3) is 0 Å². The molecule has 1 N–H and O–H groups in total. The van der Waals surface area contributed by atoms with E-state index in [1.165, 1.54) is 6.92 Å². The molecule has 0 radical (unpaired) electrons. The number of carbonyl (C=O) groups excluding carboxylic acids is 1. The summed E-state index contributed by atoms with van der Waals surface area (Å²) >= 11 is 1.03. The lowest BCUT2D eigenvalue weighted by Crippen LogP contribution is -2.36. The fourth-order valence-electron chi connectivity index (χ4n) is 2.17. The Balaban J connectivity index is 2.41. The molecule has 19 heavy (non-hydrogen) atoms. The summed E-state index contributed by atoms with van der Waals surface area (Å²) < 4.78 is 11.1. The maximum atomic E-state index is 11.1. The van der Waals surface area contributed by atoms with Crippen LogP contribution in [0.1, 0.15) is 32.6 Å². The Morgan fingerprint density at radius 1 is 1.32 bits per heavy atom. The molecule has 6 heteroatoms. The van der Waals surface area contributed by atoms with Crippen LogP contribution in [0.4, 0.5) is 0 Å². The molecule has 0 aromatic carbocycles. The van der Waals surface area contributed by atoms with Gasteiger partial charge in [-0.2, -0.15) is 0 Å². The molecule has 0 saturated heterocycles. The molecule has 110 valence electrons. The average Bonchev–Trinajstić information content (AvgIpc) is 2.38. The number of rotatable bonds is 7. The van der Waals surface area contributed by atoms with Gasteiger partial charge in [0.05, 0.1) is 24.7 Å². The molecule has 0 amide bonds. The average molecular weight is 290 g/mol. The van der Waals surface area contributed by atoms with Crippen LogP contribution < -0.4 is 0 Å². The predicted octanol–water partition coefficient (Wildman–Crippen LogP) is 1.94. The largest absolute Gasteiger partial charge is 0.481 e. The normalized spacial score (nSPS) is 24.9. The van der Waals surface area contributed by atoms with Crippen LogP contribution in [0.3, 0.4) is 0 Å². The maximum Gasteiger partial charge on any atom is 0.309 e. The molecule has 1 aliphatic rings. The Kier molecular flexibility index (Phi) is 7.41. The van der Waals surface area contributed by atoms with E-state index in [2.05, 4.69) is 0 Å². The third-order valence-electron chi connectivity index (χ3n) is 3.29. The van der Waals surface area contributed by atoms with Gasteiger partial charge in [-0.1, -0.05) is 24.6 Å². The van der Waals surface area contributed by atoms with Crippen LogP contribution in [0.5, 0.6) is 0 Å². The Morgan fingerprint density at radius 2 is 1.95 bits per heavy atom. The van der Waals surface area contributed by atoms with E-state index < -0.39 is 11.9 Å². The van der Waals surface area contributed by atoms with Crippen LogP contribution in [-0.4, -0.2) is 47.9 Å². The van der Waals surface area contributed by atoms with Gasteiger partial charge in [0.2, 0.25) is 0 Å². The van der Waals surface area contributed by atoms with Gasteiger partial charge in [-0.15, -0.1) is 0 Å². The van der Waals surface area contributed by atoms with Crippen molar-refractivity contribution < 1.29 is 24.2 Å². The standard InChI is InChI=1S/C13H22O5S/c1-9(14)19-8-10(13(15)16)7-18-12-6-4-3-5-11(12)17-2/h10-12H,3-8H2,1-2H3,(H,15,16). The highest BCUT2D eigenvalue weighted by Crippen LogP contribution is 2.24. The second-order valence-corrected chi connectivity index (χ2v) is 5.97. The first-order valence-corrected chi connectivity index (χ1v) is 7.53. The van der Waals surface area contributed by atoms with Crippen molar-refractivity contribution in [1.29, 1.82) is 0 Å². The quantitative estimate of drug-likeness (QED) is 0.772. The minimum Gasteiger partial charge on any atom is -0.481 e. The minimum atomic E-state index is -0.918. The number of carbonyl (C=O) groups is 2. The number of carboxylic acids is 1. The van der Waals surface area contributed by atoms with E-state index in [1.54, 1.807) is 7.11 Å². The minimum absolute atomic E-state index is 0.0251. The van der Waals surface area contributed by atoms with E-state index in [0.717, 1.165) is 37.4 Å². The predicted molar refractivity (Wildman–Crippen MR) is 73.3 cm³/mol. The summed E-state index contributed by atoms with van der Waals surface area (Å²) in [7, 11) is 1.66. The molecular weight excluding hydrogens is 268 g/mol. The number of methoxy groups -OCH3 is 1. The van der Waals surface area contributed by atoms with Crippen LogP contribution in [0.25, 0.3) is 0 Å². The molecule has 5 nitrogen and oxygen atoms in total. The van der Waals surface area contributed by atoms with E-state index in [-0.39, 0.29) is 29.7 Å². The first-order valence-electron chi connectivity index (χ1n) is 6.55. The number of carboxylic acid groups (broad SMARTS) is 1. The van der Waals surface area contributed by atoms with Gasteiger partial charge in [-0.05, 0) is 12.8 Å². The smallest absolute Gasteiger partial charge is 0.309 e. The molecule has 3 unspecified atom stereocenters. The van der Waals surface area contributed by atoms with Gasteiger partial charge < -0.3 is 14.6 Å². The van der Waals surface area contributed by atoms with Crippen LogP contribution in [0, 0.1) is 5.92 Å². The zero-order valence-corrected chi connectivity index (χ0v) is 12.3. The summed E-state index contributed by atoms with van der Waals surface area (Å²) in [5.74, 6) is -1.30. The molecule has 1 fully saturated rings. The van der Waals surface area contributed by atoms with Gasteiger partial charge in [0.15, 0.2) is 5.12 Å². The summed E-state index contributed by atoms with van der Waals surface area (Å²) in [4.78, 5) is 22.0. The van der Waals surface area contributed by atoms with Gasteiger partial charge in [0, 0.05) is 19.8 Å². The Bertz CT molecular complexity index is 307. The molecule has 1 saturated carbocycles. The SMILES string of the molecule is COC1CCCCC1OCC(CSC(C)=O)C(=O)O. The van der Waals surface area contributed by atoms with Crippen LogP contribution in [-0.2, 0) is 19.1 Å². The molecule has 0 aromatic heterocycles. The van der Waals surface area contributed by atoms with Crippen molar-refractivity contribution in [3.8, 4) is 0 Å². The molecule has 0 bridgehead atoms. The van der Waals surface area contributed by atoms with Crippen LogP contribution in [0.2, 0.25) is 0 Å². The van der Waals surface area contributed by atoms with Crippen molar-refractivity contribution in [2.75, 3.05) is 19.5 Å². The van der Waals surface area contributed by atoms with E-state index in [1.807, 2.05) is 0 Å². The number of thioether (sulfide) groups is 1. The zero-order valence-electron chi connectivity index (χ0n) is 11.5. The first kappa shape index (κ1) is 16.5. The number of hydrogen-bond donors (Lipinski definition) is 1. The number of aliphatic carboxylic acids is 1. The Labute approximate surface area is 118 Å². The van der Waals surface area contributed by atoms with Crippen molar-refractivity contribution >= 4 is 22.8 Å². The lowest BCUT2D eigenvalue weighted by molar-refractivity contribution is -0.146. The van der Waals surface area contributed by atoms with E-state index in [0.29, 0.717) is 0 Å². The van der Waals surface area contributed by atoms with Crippen molar-refractivity contribution in [3.05, 3.63) is 0 Å². The lowest BCUT2D eigenvalue weighted by atomic mass is 9.94. The van der Waals surface area contributed by atoms with Crippen molar-refractivity contribution in [2.45, 2.75) is 44.8 Å². The second-order valence-electron chi connectivity index (χ2n) is 4.77. The van der Waals surface area contributed by atoms with E-state index >= 15 is 0 Å². The fourth-order valence-corrected chi connectivity index (χ4v) is 2.85. The molecule has 0 heterocycles. The summed E-state index contributed by atoms with van der Waals surface area (Å²) in [5, 5.41) is 9.03. The second kappa shape index (κ2) is 8.55. The van der Waals surface area contributed by atoms with Crippen LogP contribution >= 0.6 is 11.8 Å². The molecule has 0 spiro atoms. The van der Waals surface area contributed by atoms with Gasteiger partial charge in [-0.3, -0.25) is 9.59 Å². The Morgan fingerprint density at radius 3 is 2.47 bits per heavy atom. The van der Waals surface area contributed by atoms with Gasteiger partial charge in [-0.25, -0.2) is 0 Å². The molecule has 1 aliphatic carbocycles. The summed E-state index contributed by atoms with van der Waals surface area (Å²) in [6.45, 7) is 1.58. The van der Waals surface area contributed by atoms with Gasteiger partial charge >= 0.3 is 5.97 Å². The monoisotopic (exact) mass is 290 g/mol. The third kappa shape index (κ3) is 5.93. The van der Waals surface area contributed by atoms with Gasteiger partial charge in [0.1, 0.15) is 0 Å². The lowest BCUT2D eigenvalue weighted by Gasteiger charge is -2.31. The van der Waals surface area contributed by atoms with E-state index in [9.17, 15) is 9.59 Å². The Hall–Kier alpha value is -0.590. The van der Waals surface area contributed by atoms with Crippen molar-refractivity contribution in [2.24, 2.45) is 5.92 Å². The van der Waals surface area contributed by atoms with Crippen molar-refractivity contribution in [1.82, 2.24) is 0 Å². The first-order chi connectivity index (χ1) is 9.04. The highest BCUT2D eigenvalue weighted by Gasteiger charge is 2.28.